The number of hydrogen-bond acceptors (Lipinski definition) is 4. The Balaban J connectivity index is 1.91. The number of aryl methyl sites for hydroxylation is 2. The van der Waals surface area contributed by atoms with Crippen LogP contribution in [0.3, 0.4) is 0 Å². The van der Waals surface area contributed by atoms with Crippen LogP contribution in [0.1, 0.15) is 24.2 Å². The second kappa shape index (κ2) is 4.47. The third kappa shape index (κ3) is 2.68. The van der Waals surface area contributed by atoms with Gasteiger partial charge in [0, 0.05) is 30.4 Å². The van der Waals surface area contributed by atoms with Gasteiger partial charge in [-0.3, -0.25) is 4.79 Å². The summed E-state index contributed by atoms with van der Waals surface area (Å²) in [4.78, 5) is 19.6. The number of amides is 1. The standard InChI is InChI=1S/C11H16N4O/c1-7-5-8(2)14-11(13-7)12-6-9-3-4-10(16)15-9/h5,9H,3-4,6H2,1-2H3,(H,15,16)(H,12,13,14). The van der Waals surface area contributed by atoms with Crippen molar-refractivity contribution in [3.05, 3.63) is 17.5 Å². The van der Waals surface area contributed by atoms with Gasteiger partial charge in [-0.05, 0) is 26.3 Å². The first-order chi connectivity index (χ1) is 7.63. The Morgan fingerprint density at radius 1 is 1.44 bits per heavy atom. The van der Waals surface area contributed by atoms with Gasteiger partial charge in [0.15, 0.2) is 0 Å². The van der Waals surface area contributed by atoms with Crippen LogP contribution in [0.15, 0.2) is 6.07 Å². The van der Waals surface area contributed by atoms with Crippen LogP contribution in [-0.4, -0.2) is 28.5 Å². The lowest BCUT2D eigenvalue weighted by molar-refractivity contribution is -0.119. The summed E-state index contributed by atoms with van der Waals surface area (Å²) in [6.45, 7) is 4.57. The van der Waals surface area contributed by atoms with Gasteiger partial charge >= 0.3 is 0 Å². The fraction of sp³-hybridized carbons (Fsp3) is 0.545. The summed E-state index contributed by atoms with van der Waals surface area (Å²) in [5, 5.41) is 6.05. The molecule has 1 aliphatic heterocycles. The number of nitrogens with zero attached hydrogens (tertiary/aromatic N) is 2. The predicted octanol–water partition coefficient (Wildman–Crippen LogP) is 0.784. The molecule has 5 heteroatoms. The molecule has 0 aliphatic carbocycles. The van der Waals surface area contributed by atoms with Gasteiger partial charge in [-0.2, -0.15) is 0 Å². The molecule has 0 radical (unpaired) electrons. The Kier molecular flexibility index (Phi) is 3.03. The molecule has 0 bridgehead atoms. The van der Waals surface area contributed by atoms with Gasteiger partial charge in [0.05, 0.1) is 0 Å². The van der Waals surface area contributed by atoms with Crippen LogP contribution in [0.5, 0.6) is 0 Å². The van der Waals surface area contributed by atoms with E-state index < -0.39 is 0 Å². The average Bonchev–Trinajstić information content (AvgIpc) is 2.60. The normalized spacial score (nSPS) is 19.6. The average molecular weight is 220 g/mol. The lowest BCUT2D eigenvalue weighted by atomic mass is 10.2. The molecule has 1 fully saturated rings. The molecule has 1 unspecified atom stereocenters. The van der Waals surface area contributed by atoms with E-state index in [0.717, 1.165) is 17.8 Å². The summed E-state index contributed by atoms with van der Waals surface area (Å²) in [6.07, 6.45) is 1.51. The molecule has 2 N–H and O–H groups in total. The Morgan fingerprint density at radius 2 is 2.12 bits per heavy atom. The molecule has 0 spiro atoms. The predicted molar refractivity (Wildman–Crippen MR) is 61.2 cm³/mol. The minimum Gasteiger partial charge on any atom is -0.352 e. The van der Waals surface area contributed by atoms with Crippen molar-refractivity contribution >= 4 is 11.9 Å². The lowest BCUT2D eigenvalue weighted by Crippen LogP contribution is -2.32. The highest BCUT2D eigenvalue weighted by molar-refractivity contribution is 5.78. The molecule has 1 saturated heterocycles. The summed E-state index contributed by atoms with van der Waals surface area (Å²) in [6, 6.07) is 2.14. The third-order valence-corrected chi connectivity index (χ3v) is 2.57. The quantitative estimate of drug-likeness (QED) is 0.790. The van der Waals surface area contributed by atoms with E-state index >= 15 is 0 Å². The van der Waals surface area contributed by atoms with Crippen molar-refractivity contribution < 1.29 is 4.79 Å². The number of aromatic nitrogens is 2. The fourth-order valence-corrected chi connectivity index (χ4v) is 1.85. The van der Waals surface area contributed by atoms with Crippen LogP contribution in [0.25, 0.3) is 0 Å². The fourth-order valence-electron chi connectivity index (χ4n) is 1.85. The van der Waals surface area contributed by atoms with Gasteiger partial charge in [-0.25, -0.2) is 9.97 Å². The van der Waals surface area contributed by atoms with Gasteiger partial charge in [-0.1, -0.05) is 0 Å². The summed E-state index contributed by atoms with van der Waals surface area (Å²) in [7, 11) is 0. The number of hydrogen-bond donors (Lipinski definition) is 2. The van der Waals surface area contributed by atoms with Crippen molar-refractivity contribution in [2.45, 2.75) is 32.7 Å². The number of carbonyl (C=O) groups excluding carboxylic acids is 1. The zero-order valence-electron chi connectivity index (χ0n) is 9.58. The maximum Gasteiger partial charge on any atom is 0.223 e. The zero-order chi connectivity index (χ0) is 11.5. The molecular formula is C11H16N4O. The molecule has 2 rings (SSSR count). The minimum atomic E-state index is 0.133. The van der Waals surface area contributed by atoms with Crippen LogP contribution < -0.4 is 10.6 Å². The Hall–Kier alpha value is -1.65. The van der Waals surface area contributed by atoms with E-state index in [9.17, 15) is 4.79 Å². The summed E-state index contributed by atoms with van der Waals surface area (Å²) < 4.78 is 0. The number of nitrogens with one attached hydrogen (secondary N) is 2. The smallest absolute Gasteiger partial charge is 0.223 e. The largest absolute Gasteiger partial charge is 0.352 e. The first kappa shape index (κ1) is 10.9. The Bertz CT molecular complexity index is 385. The van der Waals surface area contributed by atoms with Crippen LogP contribution in [0, 0.1) is 13.8 Å². The summed E-state index contributed by atoms with van der Waals surface area (Å²) in [5.41, 5.74) is 1.90. The van der Waals surface area contributed by atoms with Crippen LogP contribution in [0.4, 0.5) is 5.95 Å². The van der Waals surface area contributed by atoms with Gasteiger partial charge in [0.25, 0.3) is 0 Å². The van der Waals surface area contributed by atoms with Gasteiger partial charge in [-0.15, -0.1) is 0 Å². The van der Waals surface area contributed by atoms with E-state index in [1.165, 1.54) is 0 Å². The molecule has 1 amide bonds. The van der Waals surface area contributed by atoms with Gasteiger partial charge in [0.2, 0.25) is 11.9 Å². The second-order valence-electron chi connectivity index (χ2n) is 4.16. The van der Waals surface area contributed by atoms with Gasteiger partial charge < -0.3 is 10.6 Å². The third-order valence-electron chi connectivity index (χ3n) is 2.57. The highest BCUT2D eigenvalue weighted by Gasteiger charge is 2.20. The van der Waals surface area contributed by atoms with Gasteiger partial charge in [0.1, 0.15) is 0 Å². The van der Waals surface area contributed by atoms with E-state index in [4.69, 9.17) is 0 Å². The van der Waals surface area contributed by atoms with Crippen LogP contribution in [0.2, 0.25) is 0 Å². The topological polar surface area (TPSA) is 66.9 Å². The molecule has 16 heavy (non-hydrogen) atoms. The molecule has 1 aromatic heterocycles. The molecule has 1 atom stereocenters. The summed E-state index contributed by atoms with van der Waals surface area (Å²) in [5.74, 6) is 0.770. The molecule has 0 saturated carbocycles. The zero-order valence-corrected chi connectivity index (χ0v) is 9.58. The molecule has 1 aromatic rings. The van der Waals surface area contributed by atoms with E-state index in [1.54, 1.807) is 0 Å². The monoisotopic (exact) mass is 220 g/mol. The van der Waals surface area contributed by atoms with E-state index in [1.807, 2.05) is 19.9 Å². The molecule has 5 nitrogen and oxygen atoms in total. The van der Waals surface area contributed by atoms with Crippen molar-refractivity contribution in [2.75, 3.05) is 11.9 Å². The van der Waals surface area contributed by atoms with Crippen molar-refractivity contribution in [3.63, 3.8) is 0 Å². The summed E-state index contributed by atoms with van der Waals surface area (Å²) >= 11 is 0. The van der Waals surface area contributed by atoms with E-state index in [2.05, 4.69) is 20.6 Å². The Morgan fingerprint density at radius 3 is 2.69 bits per heavy atom. The second-order valence-corrected chi connectivity index (χ2v) is 4.16. The molecule has 0 aromatic carbocycles. The maximum atomic E-state index is 11.0. The first-order valence-corrected chi connectivity index (χ1v) is 5.49. The number of anilines is 1. The lowest BCUT2D eigenvalue weighted by Gasteiger charge is -2.11. The Labute approximate surface area is 94.7 Å². The van der Waals surface area contributed by atoms with Crippen molar-refractivity contribution in [3.8, 4) is 0 Å². The molecule has 2 heterocycles. The van der Waals surface area contributed by atoms with E-state index in [-0.39, 0.29) is 11.9 Å². The minimum absolute atomic E-state index is 0.133. The van der Waals surface area contributed by atoms with Crippen molar-refractivity contribution in [1.29, 1.82) is 0 Å². The molecule has 1 aliphatic rings. The maximum absolute atomic E-state index is 11.0. The highest BCUT2D eigenvalue weighted by atomic mass is 16.1. The van der Waals surface area contributed by atoms with Crippen molar-refractivity contribution in [1.82, 2.24) is 15.3 Å². The highest BCUT2D eigenvalue weighted by Crippen LogP contribution is 2.08. The SMILES string of the molecule is Cc1cc(C)nc(NCC2CCC(=O)N2)n1. The van der Waals surface area contributed by atoms with Crippen molar-refractivity contribution in [2.24, 2.45) is 0 Å². The van der Waals surface area contributed by atoms with Crippen LogP contribution in [-0.2, 0) is 4.79 Å². The first-order valence-electron chi connectivity index (χ1n) is 5.49. The van der Waals surface area contributed by atoms with Crippen LogP contribution >= 0.6 is 0 Å². The number of rotatable bonds is 3. The molecular weight excluding hydrogens is 204 g/mol. The number of carbonyl (C=O) groups is 1. The molecule has 86 valence electrons. The van der Waals surface area contributed by atoms with E-state index in [0.29, 0.717) is 18.9 Å².